The van der Waals surface area contributed by atoms with Crippen LogP contribution in [0.3, 0.4) is 0 Å². The lowest BCUT2D eigenvalue weighted by Crippen LogP contribution is -1.95. The number of ether oxygens (including phenoxy) is 1. The van der Waals surface area contributed by atoms with Crippen molar-refractivity contribution < 1.29 is 14.6 Å². The van der Waals surface area contributed by atoms with Crippen LogP contribution in [0.1, 0.15) is 20.8 Å². The molecule has 0 aliphatic carbocycles. The first-order valence-corrected chi connectivity index (χ1v) is 6.03. The van der Waals surface area contributed by atoms with Crippen molar-refractivity contribution in [1.29, 1.82) is 0 Å². The summed E-state index contributed by atoms with van der Waals surface area (Å²) in [6.45, 7) is 2.48. The fourth-order valence-corrected chi connectivity index (χ4v) is 2.14. The van der Waals surface area contributed by atoms with Gasteiger partial charge in [0, 0.05) is 11.4 Å². The minimum atomic E-state index is -0.916. The Morgan fingerprint density at radius 3 is 2.88 bits per heavy atom. The second-order valence-corrected chi connectivity index (χ2v) is 4.64. The number of carboxylic acid groups (broad SMARTS) is 1. The molecule has 4 heteroatoms. The molecule has 2 rings (SSSR count). The van der Waals surface area contributed by atoms with E-state index in [1.54, 1.807) is 11.4 Å². The number of carbonyl (C=O) groups is 1. The molecule has 1 heterocycles. The molecule has 0 spiro atoms. The van der Waals surface area contributed by atoms with E-state index in [0.29, 0.717) is 17.2 Å². The number of hydrogen-bond donors (Lipinski definition) is 1. The van der Waals surface area contributed by atoms with E-state index in [0.717, 1.165) is 5.56 Å². The van der Waals surface area contributed by atoms with Crippen LogP contribution in [0.4, 0.5) is 0 Å². The highest BCUT2D eigenvalue weighted by Gasteiger charge is 2.07. The lowest BCUT2D eigenvalue weighted by molar-refractivity contribution is 0.0702. The minimum absolute atomic E-state index is 0.296. The summed E-state index contributed by atoms with van der Waals surface area (Å²) in [5.41, 5.74) is 2.26. The van der Waals surface area contributed by atoms with Gasteiger partial charge in [0.25, 0.3) is 0 Å². The molecule has 0 aliphatic rings. The fourth-order valence-electron chi connectivity index (χ4n) is 1.48. The summed E-state index contributed by atoms with van der Waals surface area (Å²) in [5, 5.41) is 10.5. The maximum atomic E-state index is 10.7. The van der Waals surface area contributed by atoms with Gasteiger partial charge in [-0.15, -0.1) is 11.3 Å². The van der Waals surface area contributed by atoms with E-state index in [2.05, 4.69) is 0 Å². The Hall–Kier alpha value is -1.81. The Morgan fingerprint density at radius 1 is 1.41 bits per heavy atom. The predicted octanol–water partition coefficient (Wildman–Crippen LogP) is 3.33. The molecule has 0 unspecified atom stereocenters. The Balaban J connectivity index is 2.00. The highest BCUT2D eigenvalue weighted by Crippen LogP contribution is 2.22. The first kappa shape index (κ1) is 11.7. The van der Waals surface area contributed by atoms with Crippen molar-refractivity contribution in [1.82, 2.24) is 0 Å². The van der Waals surface area contributed by atoms with Crippen molar-refractivity contribution >= 4 is 17.3 Å². The zero-order chi connectivity index (χ0) is 12.3. The van der Waals surface area contributed by atoms with Crippen molar-refractivity contribution in [3.8, 4) is 5.75 Å². The average molecular weight is 248 g/mol. The fraction of sp³-hybridized carbons (Fsp3) is 0.154. The molecule has 0 atom stereocenters. The van der Waals surface area contributed by atoms with Gasteiger partial charge in [0.2, 0.25) is 0 Å². The average Bonchev–Trinajstić information content (AvgIpc) is 2.75. The summed E-state index contributed by atoms with van der Waals surface area (Å²) < 4.78 is 5.52. The standard InChI is InChI=1S/C13H12O3S/c1-9-3-2-4-10(5-9)7-16-11-6-12(13(14)15)17-8-11/h2-6,8H,7H2,1H3,(H,14,15). The number of rotatable bonds is 4. The normalized spacial score (nSPS) is 10.2. The number of aryl methyl sites for hydroxylation is 1. The largest absolute Gasteiger partial charge is 0.488 e. The van der Waals surface area contributed by atoms with Gasteiger partial charge in [0.15, 0.2) is 0 Å². The first-order chi connectivity index (χ1) is 8.15. The van der Waals surface area contributed by atoms with Crippen LogP contribution in [0.5, 0.6) is 5.75 Å². The number of hydrogen-bond acceptors (Lipinski definition) is 3. The topological polar surface area (TPSA) is 46.5 Å². The predicted molar refractivity (Wildman–Crippen MR) is 66.8 cm³/mol. The monoisotopic (exact) mass is 248 g/mol. The van der Waals surface area contributed by atoms with Crippen molar-refractivity contribution in [3.63, 3.8) is 0 Å². The second-order valence-electron chi connectivity index (χ2n) is 3.73. The van der Waals surface area contributed by atoms with Crippen molar-refractivity contribution in [2.45, 2.75) is 13.5 Å². The van der Waals surface area contributed by atoms with Gasteiger partial charge in [-0.3, -0.25) is 0 Å². The molecule has 1 aromatic carbocycles. The second kappa shape index (κ2) is 5.01. The van der Waals surface area contributed by atoms with Gasteiger partial charge in [0.1, 0.15) is 17.2 Å². The maximum absolute atomic E-state index is 10.7. The lowest BCUT2D eigenvalue weighted by atomic mass is 10.1. The van der Waals surface area contributed by atoms with E-state index in [1.807, 2.05) is 31.2 Å². The number of aromatic carboxylic acids is 1. The van der Waals surface area contributed by atoms with Gasteiger partial charge in [-0.2, -0.15) is 0 Å². The van der Waals surface area contributed by atoms with Crippen LogP contribution >= 0.6 is 11.3 Å². The van der Waals surface area contributed by atoms with E-state index in [9.17, 15) is 4.79 Å². The van der Waals surface area contributed by atoms with Gasteiger partial charge in [-0.1, -0.05) is 29.8 Å². The van der Waals surface area contributed by atoms with Crippen LogP contribution in [0, 0.1) is 6.92 Å². The molecular weight excluding hydrogens is 236 g/mol. The molecule has 17 heavy (non-hydrogen) atoms. The number of benzene rings is 1. The summed E-state index contributed by atoms with van der Waals surface area (Å²) >= 11 is 1.17. The van der Waals surface area contributed by atoms with E-state index < -0.39 is 5.97 Å². The van der Waals surface area contributed by atoms with Crippen molar-refractivity contribution in [2.24, 2.45) is 0 Å². The molecule has 3 nitrogen and oxygen atoms in total. The molecule has 0 fully saturated rings. The van der Waals surface area contributed by atoms with E-state index in [1.165, 1.54) is 16.9 Å². The van der Waals surface area contributed by atoms with Crippen LogP contribution in [-0.4, -0.2) is 11.1 Å². The Morgan fingerprint density at radius 2 is 2.24 bits per heavy atom. The van der Waals surface area contributed by atoms with Crippen LogP contribution in [0.2, 0.25) is 0 Å². The lowest BCUT2D eigenvalue weighted by Gasteiger charge is -2.04. The highest BCUT2D eigenvalue weighted by molar-refractivity contribution is 7.12. The zero-order valence-corrected chi connectivity index (χ0v) is 10.2. The van der Waals surface area contributed by atoms with Gasteiger partial charge >= 0.3 is 5.97 Å². The molecular formula is C13H12O3S. The van der Waals surface area contributed by atoms with Gasteiger partial charge < -0.3 is 9.84 Å². The third-order valence-electron chi connectivity index (χ3n) is 2.27. The number of thiophene rings is 1. The smallest absolute Gasteiger partial charge is 0.346 e. The molecule has 0 amide bonds. The molecule has 0 radical (unpaired) electrons. The first-order valence-electron chi connectivity index (χ1n) is 5.15. The minimum Gasteiger partial charge on any atom is -0.488 e. The third kappa shape index (κ3) is 3.07. The summed E-state index contributed by atoms with van der Waals surface area (Å²) in [6.07, 6.45) is 0. The molecule has 1 aromatic heterocycles. The van der Waals surface area contributed by atoms with Gasteiger partial charge in [-0.05, 0) is 12.5 Å². The van der Waals surface area contributed by atoms with Crippen LogP contribution in [0.25, 0.3) is 0 Å². The summed E-state index contributed by atoms with van der Waals surface area (Å²) in [4.78, 5) is 11.0. The van der Waals surface area contributed by atoms with Crippen LogP contribution < -0.4 is 4.74 Å². The Bertz CT molecular complexity index is 531. The molecule has 2 aromatic rings. The SMILES string of the molecule is Cc1cccc(COc2csc(C(=O)O)c2)c1. The van der Waals surface area contributed by atoms with Crippen molar-refractivity contribution in [3.05, 3.63) is 51.7 Å². The summed E-state index contributed by atoms with van der Waals surface area (Å²) in [6, 6.07) is 9.58. The molecule has 88 valence electrons. The molecule has 0 saturated carbocycles. The van der Waals surface area contributed by atoms with Crippen LogP contribution in [0.15, 0.2) is 35.7 Å². The maximum Gasteiger partial charge on any atom is 0.346 e. The molecule has 0 aliphatic heterocycles. The molecule has 1 N–H and O–H groups in total. The summed E-state index contributed by atoms with van der Waals surface area (Å²) in [7, 11) is 0. The van der Waals surface area contributed by atoms with Crippen molar-refractivity contribution in [2.75, 3.05) is 0 Å². The quantitative estimate of drug-likeness (QED) is 0.902. The van der Waals surface area contributed by atoms with Gasteiger partial charge in [-0.25, -0.2) is 4.79 Å². The van der Waals surface area contributed by atoms with E-state index in [-0.39, 0.29) is 0 Å². The Labute approximate surface area is 103 Å². The third-order valence-corrected chi connectivity index (χ3v) is 3.17. The molecule has 0 saturated heterocycles. The highest BCUT2D eigenvalue weighted by atomic mass is 32.1. The van der Waals surface area contributed by atoms with Gasteiger partial charge in [0.05, 0.1) is 0 Å². The number of carboxylic acids is 1. The summed E-state index contributed by atoms with van der Waals surface area (Å²) in [5.74, 6) is -0.311. The van der Waals surface area contributed by atoms with Crippen LogP contribution in [-0.2, 0) is 6.61 Å². The molecule has 0 bridgehead atoms. The zero-order valence-electron chi connectivity index (χ0n) is 9.34. The van der Waals surface area contributed by atoms with E-state index in [4.69, 9.17) is 9.84 Å². The van der Waals surface area contributed by atoms with E-state index >= 15 is 0 Å². The Kier molecular flexibility index (Phi) is 3.44.